The van der Waals surface area contributed by atoms with E-state index in [2.05, 4.69) is 21.2 Å². The van der Waals surface area contributed by atoms with Gasteiger partial charge >= 0.3 is 6.03 Å². The zero-order chi connectivity index (χ0) is 13.7. The van der Waals surface area contributed by atoms with Crippen LogP contribution in [0.4, 0.5) is 10.5 Å². The summed E-state index contributed by atoms with van der Waals surface area (Å²) in [6, 6.07) is 7.54. The third-order valence-corrected chi connectivity index (χ3v) is 3.79. The third-order valence-electron chi connectivity index (χ3n) is 3.30. The number of carbonyl (C=O) groups is 1. The Labute approximate surface area is 122 Å². The summed E-state index contributed by atoms with van der Waals surface area (Å²) < 4.78 is 6.28. The lowest BCUT2D eigenvalue weighted by molar-refractivity contribution is 0.0592. The molecule has 1 saturated heterocycles. The number of hydrogen-bond donors (Lipinski definition) is 1. The largest absolute Gasteiger partial charge is 0.381 e. The van der Waals surface area contributed by atoms with E-state index in [0.717, 1.165) is 42.8 Å². The van der Waals surface area contributed by atoms with Crippen molar-refractivity contribution in [3.05, 3.63) is 28.7 Å². The number of ether oxygens (including phenoxy) is 1. The molecule has 0 atom stereocenters. The van der Waals surface area contributed by atoms with E-state index in [-0.39, 0.29) is 6.03 Å². The molecule has 1 aliphatic heterocycles. The number of amides is 2. The van der Waals surface area contributed by atoms with Crippen LogP contribution in [0.2, 0.25) is 0 Å². The van der Waals surface area contributed by atoms with Gasteiger partial charge in [0.25, 0.3) is 0 Å². The van der Waals surface area contributed by atoms with Crippen LogP contribution in [0.1, 0.15) is 12.8 Å². The van der Waals surface area contributed by atoms with Crippen molar-refractivity contribution in [2.75, 3.05) is 32.1 Å². The maximum absolute atomic E-state index is 12.1. The van der Waals surface area contributed by atoms with Crippen molar-refractivity contribution < 1.29 is 9.53 Å². The Morgan fingerprint density at radius 2 is 2.21 bits per heavy atom. The smallest absolute Gasteiger partial charge is 0.321 e. The first-order valence-electron chi connectivity index (χ1n) is 6.50. The number of hydrogen-bond acceptors (Lipinski definition) is 2. The van der Waals surface area contributed by atoms with Gasteiger partial charge in [0.1, 0.15) is 0 Å². The van der Waals surface area contributed by atoms with Gasteiger partial charge in [-0.05, 0) is 37.0 Å². The lowest BCUT2D eigenvalue weighted by Gasteiger charge is -2.27. The average molecular weight is 327 g/mol. The van der Waals surface area contributed by atoms with E-state index < -0.39 is 0 Å². The molecule has 1 aromatic rings. The predicted octanol–water partition coefficient (Wildman–Crippen LogP) is 3.34. The van der Waals surface area contributed by atoms with Gasteiger partial charge in [0.05, 0.1) is 0 Å². The van der Waals surface area contributed by atoms with Crippen LogP contribution in [0.15, 0.2) is 28.7 Å². The highest BCUT2D eigenvalue weighted by atomic mass is 79.9. The summed E-state index contributed by atoms with van der Waals surface area (Å²) in [6.45, 7) is 2.40. The summed E-state index contributed by atoms with van der Waals surface area (Å²) in [4.78, 5) is 13.8. The highest BCUT2D eigenvalue weighted by Crippen LogP contribution is 2.18. The van der Waals surface area contributed by atoms with Crippen LogP contribution in [-0.2, 0) is 4.74 Å². The van der Waals surface area contributed by atoms with Gasteiger partial charge in [-0.1, -0.05) is 22.0 Å². The molecule has 0 aromatic heterocycles. The van der Waals surface area contributed by atoms with Crippen molar-refractivity contribution in [3.8, 4) is 0 Å². The molecular weight excluding hydrogens is 308 g/mol. The molecule has 5 heteroatoms. The molecule has 1 aliphatic rings. The van der Waals surface area contributed by atoms with Crippen molar-refractivity contribution in [2.24, 2.45) is 5.92 Å². The van der Waals surface area contributed by atoms with Crippen molar-refractivity contribution in [1.29, 1.82) is 0 Å². The zero-order valence-electron chi connectivity index (χ0n) is 11.1. The lowest BCUT2D eigenvalue weighted by atomic mass is 10.00. The predicted molar refractivity (Wildman–Crippen MR) is 79.3 cm³/mol. The minimum absolute atomic E-state index is 0.0652. The Morgan fingerprint density at radius 3 is 2.89 bits per heavy atom. The molecule has 0 bridgehead atoms. The number of benzene rings is 1. The van der Waals surface area contributed by atoms with Gasteiger partial charge in [0, 0.05) is 37.0 Å². The van der Waals surface area contributed by atoms with Gasteiger partial charge in [0.2, 0.25) is 0 Å². The number of rotatable bonds is 3. The minimum Gasteiger partial charge on any atom is -0.381 e. The van der Waals surface area contributed by atoms with Crippen LogP contribution in [0.5, 0.6) is 0 Å². The normalized spacial score (nSPS) is 16.1. The standard InChI is InChI=1S/C14H19BrN2O2/c1-17(10-11-5-7-19-8-6-11)14(18)16-13-4-2-3-12(15)9-13/h2-4,9,11H,5-8,10H2,1H3,(H,16,18). The Kier molecular flexibility index (Phi) is 5.22. The zero-order valence-corrected chi connectivity index (χ0v) is 12.6. The number of carbonyl (C=O) groups excluding carboxylic acids is 1. The van der Waals surface area contributed by atoms with Crippen molar-refractivity contribution in [1.82, 2.24) is 4.90 Å². The molecule has 2 rings (SSSR count). The van der Waals surface area contributed by atoms with E-state index >= 15 is 0 Å². The van der Waals surface area contributed by atoms with Crippen LogP contribution >= 0.6 is 15.9 Å². The Bertz CT molecular complexity index is 433. The lowest BCUT2D eigenvalue weighted by Crippen LogP contribution is -2.36. The monoisotopic (exact) mass is 326 g/mol. The second kappa shape index (κ2) is 6.91. The van der Waals surface area contributed by atoms with Crippen LogP contribution in [0.25, 0.3) is 0 Å². The van der Waals surface area contributed by atoms with Gasteiger partial charge in [-0.2, -0.15) is 0 Å². The van der Waals surface area contributed by atoms with Gasteiger partial charge in [0.15, 0.2) is 0 Å². The van der Waals surface area contributed by atoms with E-state index in [0.29, 0.717) is 5.92 Å². The highest BCUT2D eigenvalue weighted by Gasteiger charge is 2.18. The molecule has 0 saturated carbocycles. The molecule has 4 nitrogen and oxygen atoms in total. The molecular formula is C14H19BrN2O2. The third kappa shape index (κ3) is 4.51. The molecule has 1 N–H and O–H groups in total. The number of nitrogens with zero attached hydrogens (tertiary/aromatic N) is 1. The Balaban J connectivity index is 1.84. The Morgan fingerprint density at radius 1 is 1.47 bits per heavy atom. The number of nitrogens with one attached hydrogen (secondary N) is 1. The molecule has 1 heterocycles. The first-order valence-corrected chi connectivity index (χ1v) is 7.30. The maximum atomic E-state index is 12.1. The number of halogens is 1. The molecule has 0 radical (unpaired) electrons. The van der Waals surface area contributed by atoms with Crippen LogP contribution in [0.3, 0.4) is 0 Å². The quantitative estimate of drug-likeness (QED) is 0.925. The number of urea groups is 1. The summed E-state index contributed by atoms with van der Waals surface area (Å²) >= 11 is 3.39. The number of anilines is 1. The maximum Gasteiger partial charge on any atom is 0.321 e. The highest BCUT2D eigenvalue weighted by molar-refractivity contribution is 9.10. The van der Waals surface area contributed by atoms with Gasteiger partial charge < -0.3 is 15.0 Å². The molecule has 19 heavy (non-hydrogen) atoms. The van der Waals surface area contributed by atoms with Crippen molar-refractivity contribution in [2.45, 2.75) is 12.8 Å². The van der Waals surface area contributed by atoms with E-state index in [4.69, 9.17) is 4.74 Å². The summed E-state index contributed by atoms with van der Waals surface area (Å²) in [7, 11) is 1.84. The first-order chi connectivity index (χ1) is 9.15. The second-order valence-corrected chi connectivity index (χ2v) is 5.79. The van der Waals surface area contributed by atoms with Crippen LogP contribution in [-0.4, -0.2) is 37.7 Å². The summed E-state index contributed by atoms with van der Waals surface area (Å²) in [5, 5.41) is 2.90. The van der Waals surface area contributed by atoms with Crippen LogP contribution in [0, 0.1) is 5.92 Å². The summed E-state index contributed by atoms with van der Waals surface area (Å²) in [5.74, 6) is 0.548. The van der Waals surface area contributed by atoms with Gasteiger partial charge in [-0.3, -0.25) is 0 Å². The van der Waals surface area contributed by atoms with Gasteiger partial charge in [-0.25, -0.2) is 4.79 Å². The topological polar surface area (TPSA) is 41.6 Å². The molecule has 0 spiro atoms. The average Bonchev–Trinajstić information content (AvgIpc) is 2.40. The fourth-order valence-electron chi connectivity index (χ4n) is 2.18. The molecule has 2 amide bonds. The van der Waals surface area contributed by atoms with E-state index in [1.807, 2.05) is 31.3 Å². The minimum atomic E-state index is -0.0652. The van der Waals surface area contributed by atoms with Crippen molar-refractivity contribution >= 4 is 27.6 Å². The summed E-state index contributed by atoms with van der Waals surface area (Å²) in [5.41, 5.74) is 0.804. The molecule has 1 aromatic carbocycles. The van der Waals surface area contributed by atoms with E-state index in [1.54, 1.807) is 4.90 Å². The molecule has 104 valence electrons. The van der Waals surface area contributed by atoms with E-state index in [1.165, 1.54) is 0 Å². The SMILES string of the molecule is CN(CC1CCOCC1)C(=O)Nc1cccc(Br)c1. The summed E-state index contributed by atoms with van der Waals surface area (Å²) in [6.07, 6.45) is 2.07. The Hall–Kier alpha value is -1.07. The van der Waals surface area contributed by atoms with Crippen LogP contribution < -0.4 is 5.32 Å². The fraction of sp³-hybridized carbons (Fsp3) is 0.500. The molecule has 0 aliphatic carbocycles. The molecule has 1 fully saturated rings. The van der Waals surface area contributed by atoms with Crippen molar-refractivity contribution in [3.63, 3.8) is 0 Å². The molecule has 0 unspecified atom stereocenters. The second-order valence-electron chi connectivity index (χ2n) is 4.88. The van der Waals surface area contributed by atoms with Gasteiger partial charge in [-0.15, -0.1) is 0 Å². The van der Waals surface area contributed by atoms with E-state index in [9.17, 15) is 4.79 Å². The first kappa shape index (κ1) is 14.3. The fourth-order valence-corrected chi connectivity index (χ4v) is 2.58.